The van der Waals surface area contributed by atoms with E-state index in [4.69, 9.17) is 5.11 Å². The van der Waals surface area contributed by atoms with Crippen LogP contribution in [0.2, 0.25) is 0 Å². The van der Waals surface area contributed by atoms with E-state index in [1.54, 1.807) is 10.4 Å². The fourth-order valence-electron chi connectivity index (χ4n) is 1.99. The van der Waals surface area contributed by atoms with Gasteiger partial charge in [-0.1, -0.05) is 11.3 Å². The lowest BCUT2D eigenvalue weighted by Crippen LogP contribution is -2.41. The third-order valence-electron chi connectivity index (χ3n) is 2.94. The van der Waals surface area contributed by atoms with E-state index in [9.17, 15) is 9.59 Å². The molecule has 1 aromatic heterocycles. The van der Waals surface area contributed by atoms with E-state index < -0.39 is 5.97 Å². The molecule has 1 saturated heterocycles. The van der Waals surface area contributed by atoms with Gasteiger partial charge in [-0.25, -0.2) is 4.79 Å². The van der Waals surface area contributed by atoms with Crippen LogP contribution in [-0.2, 0) is 4.79 Å². The smallest absolute Gasteiger partial charge is 0.323 e. The largest absolute Gasteiger partial charge is 0.481 e. The number of rotatable bonds is 3. The standard InChI is InChI=1S/C10H14N4O3S/c15-8(16)5-7-1-3-14(4-2-7)10(17)12-9-13-11-6-18-9/h6-7H,1-5H2,(H,15,16)(H,12,13,17). The molecule has 2 amide bonds. The Morgan fingerprint density at radius 1 is 1.50 bits per heavy atom. The van der Waals surface area contributed by atoms with E-state index in [0.29, 0.717) is 18.2 Å². The van der Waals surface area contributed by atoms with Crippen molar-refractivity contribution in [2.75, 3.05) is 18.4 Å². The first-order chi connectivity index (χ1) is 8.65. The average Bonchev–Trinajstić information content (AvgIpc) is 2.82. The zero-order valence-corrected chi connectivity index (χ0v) is 10.5. The molecule has 98 valence electrons. The van der Waals surface area contributed by atoms with Gasteiger partial charge in [-0.05, 0) is 18.8 Å². The highest BCUT2D eigenvalue weighted by Crippen LogP contribution is 2.21. The number of carboxylic acid groups (broad SMARTS) is 1. The summed E-state index contributed by atoms with van der Waals surface area (Å²) in [5, 5.41) is 19.2. The maximum absolute atomic E-state index is 11.8. The highest BCUT2D eigenvalue weighted by atomic mass is 32.1. The van der Waals surface area contributed by atoms with Gasteiger partial charge in [-0.2, -0.15) is 0 Å². The van der Waals surface area contributed by atoms with Crippen LogP contribution in [0.3, 0.4) is 0 Å². The van der Waals surface area contributed by atoms with Crippen LogP contribution < -0.4 is 5.32 Å². The minimum absolute atomic E-state index is 0.174. The zero-order valence-electron chi connectivity index (χ0n) is 9.70. The van der Waals surface area contributed by atoms with Crippen LogP contribution in [0.25, 0.3) is 0 Å². The predicted octanol–water partition coefficient (Wildman–Crippen LogP) is 1.26. The molecule has 1 aliphatic heterocycles. The Morgan fingerprint density at radius 3 is 2.78 bits per heavy atom. The Kier molecular flexibility index (Phi) is 4.08. The highest BCUT2D eigenvalue weighted by Gasteiger charge is 2.24. The van der Waals surface area contributed by atoms with Gasteiger partial charge in [0.1, 0.15) is 5.51 Å². The number of carboxylic acids is 1. The number of carbonyl (C=O) groups is 2. The molecule has 0 unspecified atom stereocenters. The van der Waals surface area contributed by atoms with E-state index in [-0.39, 0.29) is 18.4 Å². The molecule has 0 aliphatic carbocycles. The van der Waals surface area contributed by atoms with E-state index >= 15 is 0 Å². The van der Waals surface area contributed by atoms with Crippen molar-refractivity contribution in [2.45, 2.75) is 19.3 Å². The quantitative estimate of drug-likeness (QED) is 0.862. The van der Waals surface area contributed by atoms with Gasteiger partial charge in [-0.3, -0.25) is 10.1 Å². The van der Waals surface area contributed by atoms with Gasteiger partial charge in [0.05, 0.1) is 0 Å². The average molecular weight is 270 g/mol. The summed E-state index contributed by atoms with van der Waals surface area (Å²) in [6, 6.07) is -0.194. The normalized spacial score (nSPS) is 16.6. The Balaban J connectivity index is 1.79. The van der Waals surface area contributed by atoms with Crippen molar-refractivity contribution < 1.29 is 14.7 Å². The fourth-order valence-corrected chi connectivity index (χ4v) is 2.42. The molecule has 0 bridgehead atoms. The minimum atomic E-state index is -0.772. The van der Waals surface area contributed by atoms with Crippen LogP contribution in [-0.4, -0.2) is 45.3 Å². The number of urea groups is 1. The topological polar surface area (TPSA) is 95.4 Å². The minimum Gasteiger partial charge on any atom is -0.481 e. The molecule has 7 nitrogen and oxygen atoms in total. The number of hydrogen-bond donors (Lipinski definition) is 2. The number of anilines is 1. The van der Waals surface area contributed by atoms with Gasteiger partial charge in [0.25, 0.3) is 0 Å². The summed E-state index contributed by atoms with van der Waals surface area (Å²) in [5.41, 5.74) is 1.55. The summed E-state index contributed by atoms with van der Waals surface area (Å²) < 4.78 is 0. The molecule has 8 heteroatoms. The second-order valence-corrected chi connectivity index (χ2v) is 5.04. The molecular weight excluding hydrogens is 256 g/mol. The second kappa shape index (κ2) is 5.76. The number of likely N-dealkylation sites (tertiary alicyclic amines) is 1. The molecule has 2 N–H and O–H groups in total. The monoisotopic (exact) mass is 270 g/mol. The molecule has 0 aromatic carbocycles. The Bertz CT molecular complexity index is 415. The molecule has 2 heterocycles. The van der Waals surface area contributed by atoms with Crippen molar-refractivity contribution in [3.8, 4) is 0 Å². The molecule has 18 heavy (non-hydrogen) atoms. The molecule has 0 radical (unpaired) electrons. The summed E-state index contributed by atoms with van der Waals surface area (Å²) in [5.74, 6) is -0.597. The molecular formula is C10H14N4O3S. The molecule has 1 aromatic rings. The van der Waals surface area contributed by atoms with Crippen molar-refractivity contribution in [3.05, 3.63) is 5.51 Å². The van der Waals surface area contributed by atoms with Crippen LogP contribution in [0.15, 0.2) is 5.51 Å². The number of hydrogen-bond acceptors (Lipinski definition) is 5. The number of aromatic nitrogens is 2. The number of aliphatic carboxylic acids is 1. The Morgan fingerprint density at radius 2 is 2.22 bits per heavy atom. The summed E-state index contributed by atoms with van der Waals surface area (Å²) in [4.78, 5) is 24.1. The van der Waals surface area contributed by atoms with E-state index in [1.807, 2.05) is 0 Å². The summed E-state index contributed by atoms with van der Waals surface area (Å²) in [6.45, 7) is 1.17. The van der Waals surface area contributed by atoms with Crippen molar-refractivity contribution in [2.24, 2.45) is 5.92 Å². The SMILES string of the molecule is O=C(O)CC1CCN(C(=O)Nc2nncs2)CC1. The van der Waals surface area contributed by atoms with E-state index in [1.165, 1.54) is 11.3 Å². The maximum atomic E-state index is 11.8. The Hall–Kier alpha value is -1.70. The van der Waals surface area contributed by atoms with Crippen molar-refractivity contribution in [1.82, 2.24) is 15.1 Å². The van der Waals surface area contributed by atoms with Gasteiger partial charge in [0.15, 0.2) is 0 Å². The van der Waals surface area contributed by atoms with Gasteiger partial charge in [-0.15, -0.1) is 10.2 Å². The maximum Gasteiger partial charge on any atom is 0.323 e. The molecule has 0 spiro atoms. The van der Waals surface area contributed by atoms with Gasteiger partial charge in [0.2, 0.25) is 5.13 Å². The van der Waals surface area contributed by atoms with Crippen molar-refractivity contribution >= 4 is 28.5 Å². The zero-order chi connectivity index (χ0) is 13.0. The Labute approximate surface area is 108 Å². The number of nitrogens with zero attached hydrogens (tertiary/aromatic N) is 3. The lowest BCUT2D eigenvalue weighted by molar-refractivity contribution is -0.138. The first-order valence-electron chi connectivity index (χ1n) is 5.69. The van der Waals surface area contributed by atoms with Gasteiger partial charge < -0.3 is 10.0 Å². The predicted molar refractivity (Wildman–Crippen MR) is 65.5 cm³/mol. The van der Waals surface area contributed by atoms with Gasteiger partial charge >= 0.3 is 12.0 Å². The van der Waals surface area contributed by atoms with Crippen LogP contribution in [0.5, 0.6) is 0 Å². The third-order valence-corrected chi connectivity index (χ3v) is 3.55. The van der Waals surface area contributed by atoms with Crippen LogP contribution in [0.1, 0.15) is 19.3 Å². The first-order valence-corrected chi connectivity index (χ1v) is 6.57. The third kappa shape index (κ3) is 3.39. The summed E-state index contributed by atoms with van der Waals surface area (Å²) >= 11 is 1.27. The molecule has 0 saturated carbocycles. The van der Waals surface area contributed by atoms with Gasteiger partial charge in [0, 0.05) is 19.5 Å². The molecule has 2 rings (SSSR count). The van der Waals surface area contributed by atoms with E-state index in [0.717, 1.165) is 12.8 Å². The highest BCUT2D eigenvalue weighted by molar-refractivity contribution is 7.13. The number of carbonyl (C=O) groups excluding carboxylic acids is 1. The fraction of sp³-hybridized carbons (Fsp3) is 0.600. The van der Waals surface area contributed by atoms with Crippen LogP contribution >= 0.6 is 11.3 Å². The van der Waals surface area contributed by atoms with Crippen LogP contribution in [0, 0.1) is 5.92 Å². The molecule has 0 atom stereocenters. The number of nitrogens with one attached hydrogen (secondary N) is 1. The lowest BCUT2D eigenvalue weighted by Gasteiger charge is -2.30. The summed E-state index contributed by atoms with van der Waals surface area (Å²) in [6.07, 6.45) is 1.65. The van der Waals surface area contributed by atoms with Crippen molar-refractivity contribution in [1.29, 1.82) is 0 Å². The lowest BCUT2D eigenvalue weighted by atomic mass is 9.94. The molecule has 1 fully saturated rings. The number of amides is 2. The van der Waals surface area contributed by atoms with Crippen molar-refractivity contribution in [3.63, 3.8) is 0 Å². The summed E-state index contributed by atoms with van der Waals surface area (Å²) in [7, 11) is 0. The number of piperidine rings is 1. The first kappa shape index (κ1) is 12.7. The molecule has 1 aliphatic rings. The second-order valence-electron chi connectivity index (χ2n) is 4.20. The van der Waals surface area contributed by atoms with Crippen LogP contribution in [0.4, 0.5) is 9.93 Å². The van der Waals surface area contributed by atoms with E-state index in [2.05, 4.69) is 15.5 Å².